The van der Waals surface area contributed by atoms with Crippen molar-refractivity contribution in [2.75, 3.05) is 13.1 Å². The Balaban J connectivity index is 2.47. The topological polar surface area (TPSA) is 63.1 Å². The molecule has 1 aromatic heterocycles. The number of hydrogen-bond acceptors (Lipinski definition) is 3. The second-order valence-corrected chi connectivity index (χ2v) is 4.23. The van der Waals surface area contributed by atoms with Crippen molar-refractivity contribution in [2.45, 2.75) is 19.9 Å². The van der Waals surface area contributed by atoms with E-state index >= 15 is 0 Å². The normalized spacial score (nSPS) is 10.6. The first-order valence-corrected chi connectivity index (χ1v) is 5.69. The van der Waals surface area contributed by atoms with E-state index in [1.165, 1.54) is 10.6 Å². The molecule has 2 N–H and O–H groups in total. The molecule has 1 aromatic rings. The fourth-order valence-corrected chi connectivity index (χ4v) is 1.33. The number of nitrogens with zero attached hydrogens (tertiary/aromatic N) is 1. The van der Waals surface area contributed by atoms with Crippen LogP contribution >= 0.6 is 0 Å². The van der Waals surface area contributed by atoms with Gasteiger partial charge in [-0.1, -0.05) is 13.8 Å². The molecule has 17 heavy (non-hydrogen) atoms. The summed E-state index contributed by atoms with van der Waals surface area (Å²) in [4.78, 5) is 23.0. The molecule has 0 fully saturated rings. The molecule has 0 radical (unpaired) electrons. The summed E-state index contributed by atoms with van der Waals surface area (Å²) in [5.41, 5.74) is 0.218. The van der Waals surface area contributed by atoms with E-state index in [0.717, 1.165) is 0 Å². The van der Waals surface area contributed by atoms with E-state index in [9.17, 15) is 9.59 Å². The van der Waals surface area contributed by atoms with E-state index in [4.69, 9.17) is 0 Å². The van der Waals surface area contributed by atoms with Crippen molar-refractivity contribution in [2.24, 2.45) is 7.05 Å². The van der Waals surface area contributed by atoms with Crippen molar-refractivity contribution >= 4 is 5.91 Å². The van der Waals surface area contributed by atoms with Crippen LogP contribution in [0.25, 0.3) is 0 Å². The minimum absolute atomic E-state index is 0.182. The first-order chi connectivity index (χ1) is 8.00. The van der Waals surface area contributed by atoms with Gasteiger partial charge in [0.2, 0.25) is 0 Å². The fourth-order valence-electron chi connectivity index (χ4n) is 1.33. The zero-order valence-corrected chi connectivity index (χ0v) is 10.5. The smallest absolute Gasteiger partial charge is 0.251 e. The second-order valence-electron chi connectivity index (χ2n) is 4.23. The maximum absolute atomic E-state index is 11.7. The molecule has 1 amide bonds. The number of pyridine rings is 1. The van der Waals surface area contributed by atoms with Gasteiger partial charge in [-0.3, -0.25) is 9.59 Å². The van der Waals surface area contributed by atoms with E-state index in [0.29, 0.717) is 24.7 Å². The van der Waals surface area contributed by atoms with Crippen LogP contribution in [0.4, 0.5) is 0 Å². The van der Waals surface area contributed by atoms with Gasteiger partial charge in [-0.05, 0) is 6.07 Å². The highest BCUT2D eigenvalue weighted by atomic mass is 16.2. The van der Waals surface area contributed by atoms with E-state index in [-0.39, 0.29) is 11.5 Å². The van der Waals surface area contributed by atoms with Gasteiger partial charge in [0.25, 0.3) is 11.5 Å². The third-order valence-corrected chi connectivity index (χ3v) is 2.33. The number of amides is 1. The first-order valence-electron chi connectivity index (χ1n) is 5.69. The minimum atomic E-state index is -0.215. The van der Waals surface area contributed by atoms with Crippen LogP contribution in [-0.4, -0.2) is 29.6 Å². The lowest BCUT2D eigenvalue weighted by atomic mass is 10.2. The quantitative estimate of drug-likeness (QED) is 0.715. The van der Waals surface area contributed by atoms with E-state index in [1.807, 2.05) is 13.8 Å². The summed E-state index contributed by atoms with van der Waals surface area (Å²) in [6, 6.07) is 3.37. The lowest BCUT2D eigenvalue weighted by Gasteiger charge is -2.09. The molecule has 5 heteroatoms. The van der Waals surface area contributed by atoms with E-state index in [1.54, 1.807) is 19.3 Å². The summed E-state index contributed by atoms with van der Waals surface area (Å²) >= 11 is 0. The molecule has 0 aliphatic carbocycles. The Morgan fingerprint density at radius 2 is 2.12 bits per heavy atom. The third kappa shape index (κ3) is 4.40. The lowest BCUT2D eigenvalue weighted by Crippen LogP contribution is -2.35. The average Bonchev–Trinajstić information content (AvgIpc) is 2.27. The third-order valence-electron chi connectivity index (χ3n) is 2.33. The highest BCUT2D eigenvalue weighted by Crippen LogP contribution is 1.93. The average molecular weight is 237 g/mol. The second kappa shape index (κ2) is 6.20. The number of carbonyl (C=O) groups is 1. The van der Waals surface area contributed by atoms with Crippen LogP contribution in [0, 0.1) is 0 Å². The molecule has 0 atom stereocenters. The van der Waals surface area contributed by atoms with E-state index < -0.39 is 0 Å². The molecule has 94 valence electrons. The van der Waals surface area contributed by atoms with Crippen LogP contribution in [0.15, 0.2) is 23.1 Å². The van der Waals surface area contributed by atoms with Gasteiger partial charge in [-0.25, -0.2) is 0 Å². The Bertz CT molecular complexity index is 438. The molecule has 0 aliphatic rings. The number of aromatic nitrogens is 1. The Morgan fingerprint density at radius 1 is 1.41 bits per heavy atom. The summed E-state index contributed by atoms with van der Waals surface area (Å²) in [6.07, 6.45) is 1.59. The first kappa shape index (κ1) is 13.4. The molecular formula is C12H19N3O2. The van der Waals surface area contributed by atoms with Crippen molar-refractivity contribution in [3.63, 3.8) is 0 Å². The highest BCUT2D eigenvalue weighted by Gasteiger charge is 2.05. The van der Waals surface area contributed by atoms with Crippen LogP contribution in [0.3, 0.4) is 0 Å². The molecule has 0 aromatic carbocycles. The maximum atomic E-state index is 11.7. The zero-order valence-electron chi connectivity index (χ0n) is 10.5. The summed E-state index contributed by atoms with van der Waals surface area (Å²) in [6.45, 7) is 5.35. The van der Waals surface area contributed by atoms with Gasteiger partial charge >= 0.3 is 0 Å². The van der Waals surface area contributed by atoms with Crippen molar-refractivity contribution in [1.29, 1.82) is 0 Å². The fraction of sp³-hybridized carbons (Fsp3) is 0.500. The monoisotopic (exact) mass is 237 g/mol. The summed E-state index contributed by atoms with van der Waals surface area (Å²) in [5, 5.41) is 5.94. The van der Waals surface area contributed by atoms with Gasteiger partial charge in [-0.15, -0.1) is 0 Å². The van der Waals surface area contributed by atoms with Crippen LogP contribution < -0.4 is 16.2 Å². The van der Waals surface area contributed by atoms with Crippen molar-refractivity contribution < 1.29 is 4.79 Å². The molecule has 1 heterocycles. The molecule has 5 nitrogen and oxygen atoms in total. The Labute approximate surface area is 101 Å². The molecule has 0 spiro atoms. The number of nitrogens with one attached hydrogen (secondary N) is 2. The van der Waals surface area contributed by atoms with Crippen LogP contribution in [0.2, 0.25) is 0 Å². The van der Waals surface area contributed by atoms with Crippen LogP contribution in [0.1, 0.15) is 24.2 Å². The molecule has 1 rings (SSSR count). The minimum Gasteiger partial charge on any atom is -0.351 e. The summed E-state index contributed by atoms with van der Waals surface area (Å²) in [5.74, 6) is -0.215. The predicted octanol–water partition coefficient (Wildman–Crippen LogP) is 0.113. The van der Waals surface area contributed by atoms with E-state index in [2.05, 4.69) is 10.6 Å². The standard InChI is InChI=1S/C12H19N3O2/c1-9(2)13-5-6-14-12(17)10-4-7-15(3)11(16)8-10/h4,7-9,13H,5-6H2,1-3H3,(H,14,17). The van der Waals surface area contributed by atoms with Crippen molar-refractivity contribution in [3.05, 3.63) is 34.2 Å². The maximum Gasteiger partial charge on any atom is 0.251 e. The highest BCUT2D eigenvalue weighted by molar-refractivity contribution is 5.93. The zero-order chi connectivity index (χ0) is 12.8. The molecular weight excluding hydrogens is 218 g/mol. The van der Waals surface area contributed by atoms with Crippen LogP contribution in [-0.2, 0) is 7.05 Å². The van der Waals surface area contributed by atoms with Gasteiger partial charge in [0.1, 0.15) is 0 Å². The van der Waals surface area contributed by atoms with Crippen LogP contribution in [0.5, 0.6) is 0 Å². The molecule has 0 unspecified atom stereocenters. The number of aryl methyl sites for hydroxylation is 1. The molecule has 0 aliphatic heterocycles. The summed E-state index contributed by atoms with van der Waals surface area (Å²) < 4.78 is 1.43. The number of hydrogen-bond donors (Lipinski definition) is 2. The summed E-state index contributed by atoms with van der Waals surface area (Å²) in [7, 11) is 1.65. The van der Waals surface area contributed by atoms with Crippen molar-refractivity contribution in [3.8, 4) is 0 Å². The predicted molar refractivity (Wildman–Crippen MR) is 67.2 cm³/mol. The molecule has 0 saturated heterocycles. The van der Waals surface area contributed by atoms with Gasteiger partial charge in [0, 0.05) is 44.0 Å². The Kier molecular flexibility index (Phi) is 4.90. The van der Waals surface area contributed by atoms with Gasteiger partial charge in [0.05, 0.1) is 0 Å². The lowest BCUT2D eigenvalue weighted by molar-refractivity contribution is 0.0953. The number of rotatable bonds is 5. The molecule has 0 bridgehead atoms. The van der Waals surface area contributed by atoms with Gasteiger partial charge in [0.15, 0.2) is 0 Å². The number of carbonyl (C=O) groups excluding carboxylic acids is 1. The molecule has 0 saturated carbocycles. The Morgan fingerprint density at radius 3 is 2.71 bits per heavy atom. The van der Waals surface area contributed by atoms with Gasteiger partial charge < -0.3 is 15.2 Å². The van der Waals surface area contributed by atoms with Crippen molar-refractivity contribution in [1.82, 2.24) is 15.2 Å². The van der Waals surface area contributed by atoms with Gasteiger partial charge in [-0.2, -0.15) is 0 Å². The Hall–Kier alpha value is -1.62. The largest absolute Gasteiger partial charge is 0.351 e. The SMILES string of the molecule is CC(C)NCCNC(=O)c1ccn(C)c(=O)c1.